The molecule has 0 unspecified atom stereocenters. The molecule has 1 aromatic carbocycles. The Balaban J connectivity index is 0.000000360. The second kappa shape index (κ2) is 10.00. The number of rotatable bonds is 6. The molecule has 0 spiro atoms. The molecule has 0 aliphatic carbocycles. The van der Waals surface area contributed by atoms with Crippen LogP contribution in [-0.2, 0) is 33.2 Å². The van der Waals surface area contributed by atoms with Crippen LogP contribution in [0, 0.1) is 0 Å². The molecule has 0 atom stereocenters. The maximum atomic E-state index is 11.4. The maximum absolute atomic E-state index is 11.4. The first-order valence-corrected chi connectivity index (χ1v) is 13.0. The van der Waals surface area contributed by atoms with Gasteiger partial charge >= 0.3 is 0 Å². The molecule has 0 saturated carbocycles. The summed E-state index contributed by atoms with van der Waals surface area (Å²) in [7, 11) is -9.16. The summed E-state index contributed by atoms with van der Waals surface area (Å²) < 4.78 is 56.7. The molecule has 0 fully saturated rings. The van der Waals surface area contributed by atoms with Gasteiger partial charge in [0.1, 0.15) is 21.6 Å². The molecule has 0 radical (unpaired) electrons. The van der Waals surface area contributed by atoms with Crippen LogP contribution in [0.5, 0.6) is 0 Å². The summed E-state index contributed by atoms with van der Waals surface area (Å²) in [5, 5.41) is 11.3. The van der Waals surface area contributed by atoms with Gasteiger partial charge in [-0.2, -0.15) is 0 Å². The highest BCUT2D eigenvalue weighted by Gasteiger charge is 2.19. The summed E-state index contributed by atoms with van der Waals surface area (Å²) in [6.45, 7) is 1.18. The fourth-order valence-corrected chi connectivity index (χ4v) is 5.24. The van der Waals surface area contributed by atoms with E-state index in [4.69, 9.17) is 16.7 Å². The first kappa shape index (κ1) is 23.8. The normalized spacial score (nSPS) is 11.6. The van der Waals surface area contributed by atoms with Crippen molar-refractivity contribution in [3.63, 3.8) is 0 Å². The highest BCUT2D eigenvalue weighted by atomic mass is 35.5. The number of primary sulfonamides is 1. The molecule has 29 heavy (non-hydrogen) atoms. The van der Waals surface area contributed by atoms with Crippen molar-refractivity contribution in [2.45, 2.75) is 22.9 Å². The average Bonchev–Trinajstić information content (AvgIpc) is 3.32. The van der Waals surface area contributed by atoms with E-state index in [1.54, 1.807) is 11.3 Å². The van der Waals surface area contributed by atoms with E-state index in [1.165, 1.54) is 16.2 Å². The van der Waals surface area contributed by atoms with Gasteiger partial charge < -0.3 is 15.6 Å². The maximum Gasteiger partial charge on any atom is 0.239 e. The zero-order valence-corrected chi connectivity index (χ0v) is 18.9. The zero-order chi connectivity index (χ0) is 21.7. The van der Waals surface area contributed by atoms with Gasteiger partial charge in [-0.1, -0.05) is 23.7 Å². The van der Waals surface area contributed by atoms with Crippen molar-refractivity contribution in [2.75, 3.05) is 5.32 Å². The number of thiophene rings is 2. The Bertz CT molecular complexity index is 1150. The van der Waals surface area contributed by atoms with E-state index < -0.39 is 29.9 Å². The number of halogens is 1. The molecule has 8 nitrogen and oxygen atoms in total. The molecular formula is C16H18ClN3O5S4. The molecule has 158 valence electrons. The van der Waals surface area contributed by atoms with Crippen molar-refractivity contribution in [1.82, 2.24) is 0 Å². The summed E-state index contributed by atoms with van der Waals surface area (Å²) in [6, 6.07) is 9.48. The number of hydrogen-bond donors (Lipinski definition) is 3. The molecule has 2 heterocycles. The summed E-state index contributed by atoms with van der Waals surface area (Å²) in [5.41, 5.74) is 3.66. The van der Waals surface area contributed by atoms with E-state index in [-0.39, 0.29) is 17.3 Å². The van der Waals surface area contributed by atoms with Crippen LogP contribution in [0.25, 0.3) is 0 Å². The second-order valence-electron chi connectivity index (χ2n) is 5.54. The number of nitrogens with two attached hydrogens (primary N) is 1. The fraction of sp³-hybridized carbons (Fsp3) is 0.125. The van der Waals surface area contributed by atoms with Crippen molar-refractivity contribution < 1.29 is 27.1 Å². The predicted octanol–water partition coefficient (Wildman–Crippen LogP) is 2.06. The van der Waals surface area contributed by atoms with Crippen LogP contribution < -0.4 is 16.2 Å². The van der Waals surface area contributed by atoms with E-state index >= 15 is 0 Å². The number of quaternary nitrogens is 1. The lowest BCUT2D eigenvalue weighted by Gasteiger charge is -2.16. The third kappa shape index (κ3) is 7.04. The average molecular weight is 496 g/mol. The van der Waals surface area contributed by atoms with Crippen LogP contribution in [0.2, 0.25) is 5.02 Å². The van der Waals surface area contributed by atoms with E-state index in [0.717, 1.165) is 17.5 Å². The Labute approximate surface area is 181 Å². The fourth-order valence-electron chi connectivity index (χ4n) is 2.15. The van der Waals surface area contributed by atoms with Crippen molar-refractivity contribution in [2.24, 2.45) is 5.14 Å². The van der Waals surface area contributed by atoms with E-state index in [0.29, 0.717) is 6.07 Å². The van der Waals surface area contributed by atoms with Crippen LogP contribution in [0.15, 0.2) is 56.9 Å². The first-order valence-electron chi connectivity index (χ1n) is 7.92. The quantitative estimate of drug-likeness (QED) is 0.444. The molecule has 0 aliphatic heterocycles. The smallest absolute Gasteiger partial charge is 0.239 e. The van der Waals surface area contributed by atoms with Gasteiger partial charge in [-0.25, -0.2) is 22.0 Å². The Morgan fingerprint density at radius 2 is 1.62 bits per heavy atom. The SMILES string of the molecule is NS(=O)(=O)c1cc(S(=O)(=O)[O-])c(NCc2cccs2)cc1Cl.[NH3+]Cc1cccs1. The van der Waals surface area contributed by atoms with Gasteiger partial charge in [-0.3, -0.25) is 0 Å². The molecule has 13 heteroatoms. The largest absolute Gasteiger partial charge is 0.744 e. The Morgan fingerprint density at radius 1 is 1.03 bits per heavy atom. The molecule has 2 aromatic heterocycles. The lowest BCUT2D eigenvalue weighted by molar-refractivity contribution is -0.385. The van der Waals surface area contributed by atoms with Gasteiger partial charge in [0.05, 0.1) is 20.5 Å². The standard InChI is InChI=1S/C11H11ClN2O5S3.C5H7NS/c12-8-4-9(14-6-7-2-1-3-20-7)11(22(17,18)19)5-10(8)21(13,15)16;6-4-5-2-1-3-7-5/h1-5,14H,6H2,(H2,13,15,16)(H,17,18,19);1-3H,4,6H2. The molecular weight excluding hydrogens is 478 g/mol. The molecule has 0 saturated heterocycles. The topological polar surface area (TPSA) is 157 Å². The minimum atomic E-state index is -4.91. The number of anilines is 1. The molecule has 0 aliphatic rings. The zero-order valence-electron chi connectivity index (χ0n) is 14.9. The van der Waals surface area contributed by atoms with Gasteiger partial charge in [-0.05, 0) is 35.0 Å². The highest BCUT2D eigenvalue weighted by Crippen LogP contribution is 2.31. The molecule has 0 amide bonds. The molecule has 0 bridgehead atoms. The second-order valence-corrected chi connectivity index (χ2v) is 10.9. The van der Waals surface area contributed by atoms with Gasteiger partial charge in [0.2, 0.25) is 10.0 Å². The summed E-state index contributed by atoms with van der Waals surface area (Å²) >= 11 is 8.99. The van der Waals surface area contributed by atoms with E-state index in [9.17, 15) is 21.4 Å². The van der Waals surface area contributed by atoms with Crippen LogP contribution in [0.1, 0.15) is 9.75 Å². The van der Waals surface area contributed by atoms with Crippen LogP contribution >= 0.6 is 34.3 Å². The van der Waals surface area contributed by atoms with Crippen molar-refractivity contribution in [1.29, 1.82) is 0 Å². The summed E-state index contributed by atoms with van der Waals surface area (Å²) in [6.07, 6.45) is 0. The van der Waals surface area contributed by atoms with Crippen LogP contribution in [0.3, 0.4) is 0 Å². The minimum Gasteiger partial charge on any atom is -0.744 e. The molecule has 6 N–H and O–H groups in total. The lowest BCUT2D eigenvalue weighted by Crippen LogP contribution is -2.47. The third-order valence-electron chi connectivity index (χ3n) is 3.47. The molecule has 3 rings (SSSR count). The van der Waals surface area contributed by atoms with Crippen molar-refractivity contribution >= 4 is 60.1 Å². The van der Waals surface area contributed by atoms with Crippen molar-refractivity contribution in [3.8, 4) is 0 Å². The first-order chi connectivity index (χ1) is 13.5. The predicted molar refractivity (Wildman–Crippen MR) is 113 cm³/mol. The highest BCUT2D eigenvalue weighted by molar-refractivity contribution is 7.89. The number of sulfonamides is 1. The summed E-state index contributed by atoms with van der Waals surface area (Å²) in [5.74, 6) is 0. The van der Waals surface area contributed by atoms with Gasteiger partial charge in [-0.15, -0.1) is 22.7 Å². The van der Waals surface area contributed by atoms with Gasteiger partial charge in [0.15, 0.2) is 0 Å². The van der Waals surface area contributed by atoms with Crippen LogP contribution in [0.4, 0.5) is 5.69 Å². The van der Waals surface area contributed by atoms with Gasteiger partial charge in [0, 0.05) is 11.4 Å². The van der Waals surface area contributed by atoms with E-state index in [2.05, 4.69) is 22.5 Å². The number of benzene rings is 1. The minimum absolute atomic E-state index is 0.0826. The number of hydrogen-bond acceptors (Lipinski definition) is 8. The number of nitrogens with one attached hydrogen (secondary N) is 1. The Kier molecular flexibility index (Phi) is 8.19. The Hall–Kier alpha value is -1.51. The van der Waals surface area contributed by atoms with Gasteiger partial charge in [0.25, 0.3) is 0 Å². The monoisotopic (exact) mass is 495 g/mol. The molecule has 3 aromatic rings. The lowest BCUT2D eigenvalue weighted by atomic mass is 10.3. The summed E-state index contributed by atoms with van der Waals surface area (Å²) in [4.78, 5) is 0.906. The third-order valence-corrected chi connectivity index (χ3v) is 7.53. The Morgan fingerprint density at radius 3 is 2.03 bits per heavy atom. The van der Waals surface area contributed by atoms with Crippen LogP contribution in [-0.4, -0.2) is 21.4 Å². The van der Waals surface area contributed by atoms with Crippen molar-refractivity contribution in [3.05, 3.63) is 61.9 Å². The van der Waals surface area contributed by atoms with E-state index in [1.807, 2.05) is 23.6 Å².